The van der Waals surface area contributed by atoms with E-state index in [9.17, 15) is 9.18 Å². The molecule has 0 bridgehead atoms. The van der Waals surface area contributed by atoms with Gasteiger partial charge in [-0.2, -0.15) is 0 Å². The summed E-state index contributed by atoms with van der Waals surface area (Å²) in [5.74, 6) is -0.466. The molecule has 0 fully saturated rings. The lowest BCUT2D eigenvalue weighted by Gasteiger charge is -2.04. The number of H-pyrrole nitrogens is 1. The molecule has 0 atom stereocenters. The van der Waals surface area contributed by atoms with Crippen LogP contribution in [0.3, 0.4) is 0 Å². The fourth-order valence-corrected chi connectivity index (χ4v) is 2.17. The summed E-state index contributed by atoms with van der Waals surface area (Å²) < 4.78 is 13.1. The van der Waals surface area contributed by atoms with Crippen molar-refractivity contribution in [2.24, 2.45) is 0 Å². The molecule has 0 aliphatic carbocycles. The Bertz CT molecular complexity index is 777. The van der Waals surface area contributed by atoms with Crippen LogP contribution in [0.4, 0.5) is 4.39 Å². The van der Waals surface area contributed by atoms with Crippen LogP contribution in [0.2, 0.25) is 0 Å². The zero-order valence-corrected chi connectivity index (χ0v) is 10.3. The number of nitrogens with one attached hydrogen (secondary N) is 1. The lowest BCUT2D eigenvalue weighted by Crippen LogP contribution is -2.03. The first kappa shape index (κ1) is 11.6. The van der Waals surface area contributed by atoms with Crippen LogP contribution in [0.5, 0.6) is 0 Å². The third-order valence-electron chi connectivity index (χ3n) is 3.13. The third-order valence-corrected chi connectivity index (χ3v) is 3.13. The monoisotopic (exact) mass is 254 g/mol. The molecule has 3 aromatic rings. The smallest absolute Gasteiger partial charge is 0.195 e. The lowest BCUT2D eigenvalue weighted by molar-refractivity contribution is 0.103. The predicted molar refractivity (Wildman–Crippen MR) is 70.7 cm³/mol. The lowest BCUT2D eigenvalue weighted by atomic mass is 9.99. The van der Waals surface area contributed by atoms with E-state index in [1.807, 2.05) is 6.07 Å². The van der Waals surface area contributed by atoms with Gasteiger partial charge in [0.1, 0.15) is 11.5 Å². The Kier molecular flexibility index (Phi) is 2.63. The van der Waals surface area contributed by atoms with Crippen molar-refractivity contribution >= 4 is 16.8 Å². The number of hydrogen-bond donors (Lipinski definition) is 1. The second-order valence-electron chi connectivity index (χ2n) is 4.39. The molecular weight excluding hydrogens is 243 g/mol. The number of ketones is 1. The van der Waals surface area contributed by atoms with Crippen molar-refractivity contribution in [2.45, 2.75) is 6.92 Å². The molecule has 2 aromatic heterocycles. The van der Waals surface area contributed by atoms with E-state index in [0.717, 1.165) is 5.39 Å². The molecule has 0 amide bonds. The normalized spacial score (nSPS) is 10.8. The van der Waals surface area contributed by atoms with Crippen LogP contribution in [-0.2, 0) is 0 Å². The van der Waals surface area contributed by atoms with E-state index in [-0.39, 0.29) is 11.6 Å². The molecule has 1 aromatic carbocycles. The Hall–Kier alpha value is -2.49. The Morgan fingerprint density at radius 3 is 2.89 bits per heavy atom. The number of pyridine rings is 1. The number of rotatable bonds is 2. The molecule has 0 unspecified atom stereocenters. The summed E-state index contributed by atoms with van der Waals surface area (Å²) in [5.41, 5.74) is 2.36. The van der Waals surface area contributed by atoms with Crippen molar-refractivity contribution < 1.29 is 9.18 Å². The maximum Gasteiger partial charge on any atom is 0.195 e. The molecule has 94 valence electrons. The summed E-state index contributed by atoms with van der Waals surface area (Å²) in [6.45, 7) is 1.73. The van der Waals surface area contributed by atoms with Crippen molar-refractivity contribution in [2.75, 3.05) is 0 Å². The number of aryl methyl sites for hydroxylation is 1. The highest BCUT2D eigenvalue weighted by molar-refractivity contribution is 6.16. The van der Waals surface area contributed by atoms with Gasteiger partial charge >= 0.3 is 0 Å². The first-order valence-corrected chi connectivity index (χ1v) is 5.90. The second kappa shape index (κ2) is 4.31. The summed E-state index contributed by atoms with van der Waals surface area (Å²) in [5, 5.41) is 0.774. The van der Waals surface area contributed by atoms with Gasteiger partial charge in [0.2, 0.25) is 0 Å². The molecule has 0 spiro atoms. The molecule has 0 aliphatic heterocycles. The van der Waals surface area contributed by atoms with Gasteiger partial charge in [-0.3, -0.25) is 4.79 Å². The minimum absolute atomic E-state index is 0.128. The van der Waals surface area contributed by atoms with E-state index in [1.165, 1.54) is 18.2 Å². The molecule has 19 heavy (non-hydrogen) atoms. The molecule has 0 aliphatic rings. The number of aromatic nitrogens is 2. The number of aromatic amines is 1. The summed E-state index contributed by atoms with van der Waals surface area (Å²) in [6, 6.07) is 7.80. The van der Waals surface area contributed by atoms with Gasteiger partial charge in [-0.25, -0.2) is 9.37 Å². The van der Waals surface area contributed by atoms with Crippen molar-refractivity contribution in [1.82, 2.24) is 9.97 Å². The van der Waals surface area contributed by atoms with Crippen molar-refractivity contribution in [1.29, 1.82) is 0 Å². The van der Waals surface area contributed by atoms with Gasteiger partial charge in [0.25, 0.3) is 0 Å². The van der Waals surface area contributed by atoms with Crippen LogP contribution < -0.4 is 0 Å². The second-order valence-corrected chi connectivity index (χ2v) is 4.39. The molecule has 3 rings (SSSR count). The molecule has 2 heterocycles. The number of benzene rings is 1. The van der Waals surface area contributed by atoms with Crippen molar-refractivity contribution in [3.05, 3.63) is 65.2 Å². The molecule has 4 heteroatoms. The van der Waals surface area contributed by atoms with Crippen molar-refractivity contribution in [3.8, 4) is 0 Å². The first-order chi connectivity index (χ1) is 9.16. The minimum atomic E-state index is -0.338. The Labute approximate surface area is 109 Å². The van der Waals surface area contributed by atoms with Crippen LogP contribution in [0.25, 0.3) is 11.0 Å². The van der Waals surface area contributed by atoms with Gasteiger partial charge < -0.3 is 4.98 Å². The number of nitrogens with zero attached hydrogens (tertiary/aromatic N) is 1. The standard InChI is InChI=1S/C15H11FN2O/c1-9-7-10(16)4-5-11(9)14(19)13-8-18-15-12(13)3-2-6-17-15/h2-8H,1H3,(H,17,18). The zero-order valence-electron chi connectivity index (χ0n) is 10.3. The summed E-state index contributed by atoms with van der Waals surface area (Å²) in [4.78, 5) is 19.6. The van der Waals surface area contributed by atoms with Crippen LogP contribution in [-0.4, -0.2) is 15.8 Å². The average molecular weight is 254 g/mol. The van der Waals surface area contributed by atoms with Gasteiger partial charge in [0.05, 0.1) is 0 Å². The molecule has 0 saturated carbocycles. The Morgan fingerprint density at radius 1 is 1.26 bits per heavy atom. The maximum absolute atomic E-state index is 13.1. The molecular formula is C15H11FN2O. The average Bonchev–Trinajstić information content (AvgIpc) is 2.82. The zero-order chi connectivity index (χ0) is 13.4. The third kappa shape index (κ3) is 1.91. The molecule has 1 N–H and O–H groups in total. The van der Waals surface area contributed by atoms with E-state index < -0.39 is 0 Å². The highest BCUT2D eigenvalue weighted by atomic mass is 19.1. The van der Waals surface area contributed by atoms with Gasteiger partial charge in [0.15, 0.2) is 5.78 Å². The Morgan fingerprint density at radius 2 is 2.11 bits per heavy atom. The number of fused-ring (bicyclic) bond motifs is 1. The fraction of sp³-hybridized carbons (Fsp3) is 0.0667. The molecule has 0 radical (unpaired) electrons. The van der Waals surface area contributed by atoms with E-state index in [1.54, 1.807) is 25.4 Å². The minimum Gasteiger partial charge on any atom is -0.345 e. The van der Waals surface area contributed by atoms with E-state index >= 15 is 0 Å². The molecule has 3 nitrogen and oxygen atoms in total. The number of hydrogen-bond acceptors (Lipinski definition) is 2. The largest absolute Gasteiger partial charge is 0.345 e. The number of carbonyl (C=O) groups excluding carboxylic acids is 1. The maximum atomic E-state index is 13.1. The highest BCUT2D eigenvalue weighted by Crippen LogP contribution is 2.21. The van der Waals surface area contributed by atoms with E-state index in [2.05, 4.69) is 9.97 Å². The summed E-state index contributed by atoms with van der Waals surface area (Å²) in [7, 11) is 0. The fourth-order valence-electron chi connectivity index (χ4n) is 2.17. The first-order valence-electron chi connectivity index (χ1n) is 5.90. The van der Waals surface area contributed by atoms with Gasteiger partial charge in [0, 0.05) is 28.9 Å². The van der Waals surface area contributed by atoms with E-state index in [0.29, 0.717) is 22.3 Å². The predicted octanol–water partition coefficient (Wildman–Crippen LogP) is 3.24. The van der Waals surface area contributed by atoms with Crippen LogP contribution >= 0.6 is 0 Å². The van der Waals surface area contributed by atoms with Gasteiger partial charge in [-0.1, -0.05) is 0 Å². The number of carbonyl (C=O) groups is 1. The molecule has 0 saturated heterocycles. The summed E-state index contributed by atoms with van der Waals surface area (Å²) in [6.07, 6.45) is 3.30. The SMILES string of the molecule is Cc1cc(F)ccc1C(=O)c1c[nH]c2ncccc12. The highest BCUT2D eigenvalue weighted by Gasteiger charge is 2.16. The van der Waals surface area contributed by atoms with Crippen molar-refractivity contribution in [3.63, 3.8) is 0 Å². The van der Waals surface area contributed by atoms with E-state index in [4.69, 9.17) is 0 Å². The van der Waals surface area contributed by atoms with Crippen LogP contribution in [0, 0.1) is 12.7 Å². The Balaban J connectivity index is 2.13. The topological polar surface area (TPSA) is 45.8 Å². The quantitative estimate of drug-likeness (QED) is 0.713. The van der Waals surface area contributed by atoms with Crippen LogP contribution in [0.15, 0.2) is 42.7 Å². The van der Waals surface area contributed by atoms with Crippen LogP contribution in [0.1, 0.15) is 21.5 Å². The van der Waals surface area contributed by atoms with Gasteiger partial charge in [-0.05, 0) is 42.8 Å². The summed E-state index contributed by atoms with van der Waals surface area (Å²) >= 11 is 0. The number of halogens is 1. The van der Waals surface area contributed by atoms with Gasteiger partial charge in [-0.15, -0.1) is 0 Å².